The molecule has 0 saturated heterocycles. The van der Waals surface area contributed by atoms with Crippen molar-refractivity contribution in [3.63, 3.8) is 0 Å². The maximum Gasteiger partial charge on any atom is 0.261 e. The number of amides is 1. The molecule has 0 aliphatic heterocycles. The second-order valence-corrected chi connectivity index (χ2v) is 5.94. The van der Waals surface area contributed by atoms with E-state index in [9.17, 15) is 17.6 Å². The van der Waals surface area contributed by atoms with Crippen molar-refractivity contribution in [3.8, 4) is 0 Å². The van der Waals surface area contributed by atoms with Crippen LogP contribution in [0.4, 0.5) is 4.39 Å². The van der Waals surface area contributed by atoms with Crippen molar-refractivity contribution in [3.05, 3.63) is 24.1 Å². The van der Waals surface area contributed by atoms with Gasteiger partial charge in [0.25, 0.3) is 10.0 Å². The Labute approximate surface area is 110 Å². The number of halogens is 1. The summed E-state index contributed by atoms with van der Waals surface area (Å²) in [6, 6.07) is 2.33. The van der Waals surface area contributed by atoms with Crippen LogP contribution in [0.2, 0.25) is 0 Å². The molecule has 104 valence electrons. The smallest absolute Gasteiger partial charge is 0.261 e. The largest absolute Gasteiger partial charge is 0.355 e. The fourth-order valence-corrected chi connectivity index (χ4v) is 2.53. The SMILES string of the molecule is O=C(NCCNS(=O)(=O)c1ncccc1F)C1CC1. The summed E-state index contributed by atoms with van der Waals surface area (Å²) in [5.74, 6) is -0.898. The van der Waals surface area contributed by atoms with Gasteiger partial charge in [-0.1, -0.05) is 0 Å². The minimum absolute atomic E-state index is 0.00317. The van der Waals surface area contributed by atoms with Crippen LogP contribution >= 0.6 is 0 Å². The van der Waals surface area contributed by atoms with Gasteiger partial charge in [-0.25, -0.2) is 22.5 Å². The van der Waals surface area contributed by atoms with Gasteiger partial charge in [-0.15, -0.1) is 0 Å². The quantitative estimate of drug-likeness (QED) is 0.722. The molecular weight excluding hydrogens is 273 g/mol. The van der Waals surface area contributed by atoms with Crippen molar-refractivity contribution in [2.45, 2.75) is 17.9 Å². The van der Waals surface area contributed by atoms with Gasteiger partial charge in [-0.2, -0.15) is 0 Å². The molecule has 0 bridgehead atoms. The second kappa shape index (κ2) is 5.62. The highest BCUT2D eigenvalue weighted by molar-refractivity contribution is 7.89. The molecule has 1 heterocycles. The molecule has 6 nitrogen and oxygen atoms in total. The number of nitrogens with one attached hydrogen (secondary N) is 2. The molecule has 0 aromatic carbocycles. The second-order valence-electron chi connectivity index (χ2n) is 4.25. The molecule has 8 heteroatoms. The van der Waals surface area contributed by atoms with E-state index < -0.39 is 20.9 Å². The Hall–Kier alpha value is -1.54. The van der Waals surface area contributed by atoms with Gasteiger partial charge in [0.15, 0.2) is 5.82 Å². The molecule has 1 saturated carbocycles. The molecule has 0 spiro atoms. The predicted molar refractivity (Wildman–Crippen MR) is 65.1 cm³/mol. The van der Waals surface area contributed by atoms with Crippen LogP contribution in [0, 0.1) is 11.7 Å². The van der Waals surface area contributed by atoms with E-state index >= 15 is 0 Å². The monoisotopic (exact) mass is 287 g/mol. The highest BCUT2D eigenvalue weighted by Gasteiger charge is 2.29. The lowest BCUT2D eigenvalue weighted by Crippen LogP contribution is -2.35. The topological polar surface area (TPSA) is 88.2 Å². The Morgan fingerprint density at radius 2 is 2.16 bits per heavy atom. The first-order valence-electron chi connectivity index (χ1n) is 5.88. The van der Waals surface area contributed by atoms with Crippen LogP contribution < -0.4 is 10.0 Å². The minimum atomic E-state index is -3.98. The van der Waals surface area contributed by atoms with E-state index in [0.29, 0.717) is 0 Å². The van der Waals surface area contributed by atoms with E-state index in [1.807, 2.05) is 0 Å². The fourth-order valence-electron chi connectivity index (χ4n) is 1.50. The van der Waals surface area contributed by atoms with E-state index in [-0.39, 0.29) is 24.9 Å². The standard InChI is InChI=1S/C11H14FN3O3S/c12-9-2-1-5-14-11(9)19(17,18)15-7-6-13-10(16)8-3-4-8/h1-2,5,8,15H,3-4,6-7H2,(H,13,16). The van der Waals surface area contributed by atoms with E-state index in [1.54, 1.807) is 0 Å². The molecule has 1 fully saturated rings. The highest BCUT2D eigenvalue weighted by Crippen LogP contribution is 2.28. The number of sulfonamides is 1. The van der Waals surface area contributed by atoms with Crippen LogP contribution in [-0.2, 0) is 14.8 Å². The average molecular weight is 287 g/mol. The van der Waals surface area contributed by atoms with Crippen molar-refractivity contribution in [2.24, 2.45) is 5.92 Å². The zero-order chi connectivity index (χ0) is 13.9. The van der Waals surface area contributed by atoms with Crippen molar-refractivity contribution in [1.82, 2.24) is 15.0 Å². The van der Waals surface area contributed by atoms with Crippen LogP contribution in [0.1, 0.15) is 12.8 Å². The number of aromatic nitrogens is 1. The Bertz CT molecular complexity index is 572. The van der Waals surface area contributed by atoms with Crippen LogP contribution in [0.15, 0.2) is 23.4 Å². The van der Waals surface area contributed by atoms with Crippen LogP contribution in [0.5, 0.6) is 0 Å². The number of hydrogen-bond donors (Lipinski definition) is 2. The van der Waals surface area contributed by atoms with Gasteiger partial charge in [0.1, 0.15) is 0 Å². The van der Waals surface area contributed by atoms with Crippen molar-refractivity contribution >= 4 is 15.9 Å². The lowest BCUT2D eigenvalue weighted by Gasteiger charge is -2.07. The molecular formula is C11H14FN3O3S. The molecule has 0 atom stereocenters. The Kier molecular flexibility index (Phi) is 4.11. The molecule has 1 amide bonds. The summed E-state index contributed by atoms with van der Waals surface area (Å²) in [5, 5.41) is 1.97. The summed E-state index contributed by atoms with van der Waals surface area (Å²) < 4.78 is 38.9. The van der Waals surface area contributed by atoms with Crippen molar-refractivity contribution in [1.29, 1.82) is 0 Å². The third kappa shape index (κ3) is 3.71. The first-order valence-corrected chi connectivity index (χ1v) is 7.37. The van der Waals surface area contributed by atoms with Gasteiger partial charge in [0.2, 0.25) is 10.9 Å². The molecule has 1 aromatic heterocycles. The van der Waals surface area contributed by atoms with Gasteiger partial charge in [0.05, 0.1) is 0 Å². The third-order valence-corrected chi connectivity index (χ3v) is 4.04. The molecule has 1 aliphatic carbocycles. The summed E-state index contributed by atoms with van der Waals surface area (Å²) in [6.07, 6.45) is 2.97. The molecule has 2 rings (SSSR count). The van der Waals surface area contributed by atoms with Crippen molar-refractivity contribution in [2.75, 3.05) is 13.1 Å². The van der Waals surface area contributed by atoms with E-state index in [2.05, 4.69) is 15.0 Å². The first kappa shape index (κ1) is 13.9. The Morgan fingerprint density at radius 3 is 2.79 bits per heavy atom. The van der Waals surface area contributed by atoms with E-state index in [1.165, 1.54) is 12.3 Å². The van der Waals surface area contributed by atoms with Crippen LogP contribution in [0.25, 0.3) is 0 Å². The van der Waals surface area contributed by atoms with Gasteiger partial charge in [-0.05, 0) is 25.0 Å². The summed E-state index contributed by atoms with van der Waals surface area (Å²) in [5.41, 5.74) is 0. The molecule has 2 N–H and O–H groups in total. The molecule has 1 aliphatic rings. The fraction of sp³-hybridized carbons (Fsp3) is 0.455. The average Bonchev–Trinajstić information content (AvgIpc) is 3.19. The lowest BCUT2D eigenvalue weighted by atomic mass is 10.4. The maximum absolute atomic E-state index is 13.3. The lowest BCUT2D eigenvalue weighted by molar-refractivity contribution is -0.122. The van der Waals surface area contributed by atoms with Crippen LogP contribution in [0.3, 0.4) is 0 Å². The summed E-state index contributed by atoms with van der Waals surface area (Å²) in [7, 11) is -3.98. The molecule has 19 heavy (non-hydrogen) atoms. The summed E-state index contributed by atoms with van der Waals surface area (Å²) >= 11 is 0. The molecule has 1 aromatic rings. The van der Waals surface area contributed by atoms with Gasteiger partial charge >= 0.3 is 0 Å². The predicted octanol–water partition coefficient (Wildman–Crippen LogP) is 0.0252. The van der Waals surface area contributed by atoms with Crippen molar-refractivity contribution < 1.29 is 17.6 Å². The normalized spacial score (nSPS) is 15.2. The molecule has 0 radical (unpaired) electrons. The van der Waals surface area contributed by atoms with Gasteiger partial charge in [-0.3, -0.25) is 4.79 Å². The van der Waals surface area contributed by atoms with E-state index in [4.69, 9.17) is 0 Å². The number of hydrogen-bond acceptors (Lipinski definition) is 4. The number of carbonyl (C=O) groups is 1. The van der Waals surface area contributed by atoms with Crippen LogP contribution in [-0.4, -0.2) is 32.4 Å². The summed E-state index contributed by atoms with van der Waals surface area (Å²) in [4.78, 5) is 14.8. The maximum atomic E-state index is 13.3. The number of carbonyl (C=O) groups excluding carboxylic acids is 1. The zero-order valence-corrected chi connectivity index (χ0v) is 10.9. The van der Waals surface area contributed by atoms with Gasteiger partial charge < -0.3 is 5.32 Å². The Morgan fingerprint density at radius 1 is 1.42 bits per heavy atom. The first-order chi connectivity index (χ1) is 9.00. The number of rotatable bonds is 6. The zero-order valence-electron chi connectivity index (χ0n) is 10.1. The Balaban J connectivity index is 1.84. The number of nitrogens with zero attached hydrogens (tertiary/aromatic N) is 1. The van der Waals surface area contributed by atoms with E-state index in [0.717, 1.165) is 18.9 Å². The van der Waals surface area contributed by atoms with Gasteiger partial charge in [0, 0.05) is 25.2 Å². The number of pyridine rings is 1. The minimum Gasteiger partial charge on any atom is -0.355 e. The third-order valence-electron chi connectivity index (χ3n) is 2.64. The molecule has 0 unspecified atom stereocenters. The summed E-state index contributed by atoms with van der Waals surface area (Å²) in [6.45, 7) is 0.166. The highest BCUT2D eigenvalue weighted by atomic mass is 32.2.